The molecule has 1 saturated carbocycles. The van der Waals surface area contributed by atoms with Gasteiger partial charge in [0.25, 0.3) is 0 Å². The number of benzene rings is 2. The summed E-state index contributed by atoms with van der Waals surface area (Å²) in [4.78, 5) is 4.69. The standard InChI is InChI=1S/C20H18N2.C2H6/c1-13-12-20(13,2)16-8-5-7-15-14-6-3-4-9-17(14)22-11-10-21-19(22)18(15)16;1-2/h3-11,13H,12H2,1-2H3;1-2H3/t13-,20?;/m0./s1. The number of pyridine rings is 1. The van der Waals surface area contributed by atoms with E-state index in [1.165, 1.54) is 33.7 Å². The number of para-hydroxylation sites is 1. The summed E-state index contributed by atoms with van der Waals surface area (Å²) in [7, 11) is 0. The molecule has 2 atom stereocenters. The molecule has 0 amide bonds. The van der Waals surface area contributed by atoms with Crippen molar-refractivity contribution < 1.29 is 0 Å². The summed E-state index contributed by atoms with van der Waals surface area (Å²) < 4.78 is 2.23. The van der Waals surface area contributed by atoms with Gasteiger partial charge in [0.2, 0.25) is 0 Å². The van der Waals surface area contributed by atoms with Crippen LogP contribution in [0.4, 0.5) is 0 Å². The van der Waals surface area contributed by atoms with E-state index in [0.717, 1.165) is 11.6 Å². The zero-order valence-electron chi connectivity index (χ0n) is 14.9. The minimum atomic E-state index is 0.300. The topological polar surface area (TPSA) is 17.3 Å². The number of hydrogen-bond acceptors (Lipinski definition) is 1. The SMILES string of the molecule is CC.C[C@H]1CC1(C)c1cccc2c3ccccc3n3ccnc3c12. The second kappa shape index (κ2) is 5.34. The van der Waals surface area contributed by atoms with Crippen LogP contribution in [0.15, 0.2) is 54.9 Å². The van der Waals surface area contributed by atoms with E-state index in [1.54, 1.807) is 0 Å². The van der Waals surface area contributed by atoms with Crippen LogP contribution in [-0.4, -0.2) is 9.38 Å². The summed E-state index contributed by atoms with van der Waals surface area (Å²) in [5, 5.41) is 3.96. The lowest BCUT2D eigenvalue weighted by Crippen LogP contribution is -2.05. The van der Waals surface area contributed by atoms with Crippen LogP contribution in [0.3, 0.4) is 0 Å². The average Bonchev–Trinajstić information content (AvgIpc) is 3.03. The number of fused-ring (bicyclic) bond motifs is 6. The number of rotatable bonds is 1. The molecule has 122 valence electrons. The van der Waals surface area contributed by atoms with E-state index in [1.807, 2.05) is 20.0 Å². The molecule has 5 rings (SSSR count). The van der Waals surface area contributed by atoms with Crippen molar-refractivity contribution in [2.24, 2.45) is 5.92 Å². The Hall–Kier alpha value is -2.35. The lowest BCUT2D eigenvalue weighted by Gasteiger charge is -2.16. The van der Waals surface area contributed by atoms with Gasteiger partial charge in [-0.15, -0.1) is 0 Å². The van der Waals surface area contributed by atoms with Crippen molar-refractivity contribution in [3.05, 3.63) is 60.4 Å². The summed E-state index contributed by atoms with van der Waals surface area (Å²) in [5.74, 6) is 0.750. The molecule has 0 bridgehead atoms. The zero-order valence-corrected chi connectivity index (χ0v) is 14.9. The van der Waals surface area contributed by atoms with Gasteiger partial charge in [0.05, 0.1) is 5.52 Å². The second-order valence-electron chi connectivity index (χ2n) is 6.89. The number of aromatic nitrogens is 2. The third-order valence-electron chi connectivity index (χ3n) is 5.66. The second-order valence-corrected chi connectivity index (χ2v) is 6.89. The number of hydrogen-bond donors (Lipinski definition) is 0. The quantitative estimate of drug-likeness (QED) is 0.396. The van der Waals surface area contributed by atoms with Gasteiger partial charge in [-0.3, -0.25) is 4.40 Å². The summed E-state index contributed by atoms with van der Waals surface area (Å²) in [5.41, 5.74) is 4.08. The van der Waals surface area contributed by atoms with E-state index in [4.69, 9.17) is 0 Å². The van der Waals surface area contributed by atoms with Gasteiger partial charge in [0.15, 0.2) is 0 Å². The van der Waals surface area contributed by atoms with Gasteiger partial charge in [-0.05, 0) is 34.8 Å². The Morgan fingerprint density at radius 2 is 1.75 bits per heavy atom. The van der Waals surface area contributed by atoms with Crippen molar-refractivity contribution in [2.45, 2.75) is 39.5 Å². The minimum absolute atomic E-state index is 0.300. The highest BCUT2D eigenvalue weighted by Gasteiger charge is 2.48. The van der Waals surface area contributed by atoms with Crippen LogP contribution in [0.1, 0.15) is 39.7 Å². The summed E-state index contributed by atoms with van der Waals surface area (Å²) in [6.07, 6.45) is 5.26. The Bertz CT molecular complexity index is 1040. The first-order chi connectivity index (χ1) is 11.7. The summed E-state index contributed by atoms with van der Waals surface area (Å²) in [6, 6.07) is 15.4. The van der Waals surface area contributed by atoms with Crippen molar-refractivity contribution >= 4 is 27.3 Å². The molecule has 1 unspecified atom stereocenters. The van der Waals surface area contributed by atoms with Gasteiger partial charge in [-0.25, -0.2) is 4.98 Å². The van der Waals surface area contributed by atoms with Crippen LogP contribution in [0, 0.1) is 5.92 Å². The van der Waals surface area contributed by atoms with E-state index in [2.05, 4.69) is 71.9 Å². The maximum atomic E-state index is 4.69. The molecule has 0 saturated heterocycles. The van der Waals surface area contributed by atoms with Crippen LogP contribution < -0.4 is 0 Å². The Morgan fingerprint density at radius 1 is 1.04 bits per heavy atom. The first-order valence-corrected chi connectivity index (χ1v) is 8.97. The molecular formula is C22H24N2. The highest BCUT2D eigenvalue weighted by atomic mass is 15.0. The Labute approximate surface area is 143 Å². The molecule has 1 aliphatic rings. The normalized spacial score (nSPS) is 22.6. The van der Waals surface area contributed by atoms with Crippen molar-refractivity contribution in [1.29, 1.82) is 0 Å². The highest BCUT2D eigenvalue weighted by molar-refractivity contribution is 6.13. The summed E-state index contributed by atoms with van der Waals surface area (Å²) in [6.45, 7) is 8.74. The van der Waals surface area contributed by atoms with Gasteiger partial charge in [0.1, 0.15) is 5.65 Å². The van der Waals surface area contributed by atoms with Gasteiger partial charge in [-0.1, -0.05) is 64.1 Å². The molecule has 2 aromatic carbocycles. The molecular weight excluding hydrogens is 292 g/mol. The maximum absolute atomic E-state index is 4.69. The van der Waals surface area contributed by atoms with E-state index < -0.39 is 0 Å². The predicted molar refractivity (Wildman–Crippen MR) is 103 cm³/mol. The van der Waals surface area contributed by atoms with Gasteiger partial charge >= 0.3 is 0 Å². The molecule has 24 heavy (non-hydrogen) atoms. The average molecular weight is 316 g/mol. The van der Waals surface area contributed by atoms with Crippen LogP contribution in [0.2, 0.25) is 0 Å². The summed E-state index contributed by atoms with van der Waals surface area (Å²) >= 11 is 0. The van der Waals surface area contributed by atoms with Crippen molar-refractivity contribution in [1.82, 2.24) is 9.38 Å². The molecule has 2 aromatic heterocycles. The molecule has 1 aliphatic carbocycles. The van der Waals surface area contributed by atoms with Crippen LogP contribution in [-0.2, 0) is 5.41 Å². The fourth-order valence-corrected chi connectivity index (χ4v) is 4.04. The number of imidazole rings is 1. The fourth-order valence-electron chi connectivity index (χ4n) is 4.04. The van der Waals surface area contributed by atoms with Crippen molar-refractivity contribution in [3.8, 4) is 0 Å². The number of nitrogens with zero attached hydrogens (tertiary/aromatic N) is 2. The fraction of sp³-hybridized carbons (Fsp3) is 0.318. The van der Waals surface area contributed by atoms with Crippen LogP contribution >= 0.6 is 0 Å². The largest absolute Gasteiger partial charge is 0.299 e. The monoisotopic (exact) mass is 316 g/mol. The molecule has 0 spiro atoms. The molecule has 2 heterocycles. The Morgan fingerprint density at radius 3 is 2.50 bits per heavy atom. The molecule has 0 N–H and O–H groups in total. The zero-order chi connectivity index (χ0) is 16.9. The highest BCUT2D eigenvalue weighted by Crippen LogP contribution is 2.55. The van der Waals surface area contributed by atoms with Crippen molar-refractivity contribution in [2.75, 3.05) is 0 Å². The third-order valence-corrected chi connectivity index (χ3v) is 5.66. The van der Waals surface area contributed by atoms with Crippen LogP contribution in [0.25, 0.3) is 27.3 Å². The molecule has 2 heteroatoms. The lowest BCUT2D eigenvalue weighted by molar-refractivity contribution is 0.708. The molecule has 4 aromatic rings. The first-order valence-electron chi connectivity index (χ1n) is 8.97. The van der Waals surface area contributed by atoms with E-state index in [9.17, 15) is 0 Å². The Balaban J connectivity index is 0.000000704. The molecule has 0 aliphatic heterocycles. The van der Waals surface area contributed by atoms with Gasteiger partial charge in [-0.2, -0.15) is 0 Å². The molecule has 0 radical (unpaired) electrons. The first kappa shape index (κ1) is 15.2. The third kappa shape index (κ3) is 1.92. The maximum Gasteiger partial charge on any atom is 0.145 e. The van der Waals surface area contributed by atoms with Gasteiger partial charge in [0, 0.05) is 23.2 Å². The van der Waals surface area contributed by atoms with Crippen LogP contribution in [0.5, 0.6) is 0 Å². The molecule has 1 fully saturated rings. The van der Waals surface area contributed by atoms with Crippen molar-refractivity contribution in [3.63, 3.8) is 0 Å². The van der Waals surface area contributed by atoms with Gasteiger partial charge < -0.3 is 0 Å². The minimum Gasteiger partial charge on any atom is -0.299 e. The molecule has 2 nitrogen and oxygen atoms in total. The van der Waals surface area contributed by atoms with E-state index >= 15 is 0 Å². The lowest BCUT2D eigenvalue weighted by atomic mass is 9.90. The smallest absolute Gasteiger partial charge is 0.145 e. The van der Waals surface area contributed by atoms with E-state index in [0.29, 0.717) is 5.41 Å². The van der Waals surface area contributed by atoms with E-state index in [-0.39, 0.29) is 0 Å². The Kier molecular flexibility index (Phi) is 3.38. The predicted octanol–water partition coefficient (Wildman–Crippen LogP) is 5.96.